The summed E-state index contributed by atoms with van der Waals surface area (Å²) in [5.41, 5.74) is 0. The van der Waals surface area contributed by atoms with Crippen molar-refractivity contribution in [3.63, 3.8) is 0 Å². The lowest BCUT2D eigenvalue weighted by Crippen LogP contribution is -2.51. The molecular formula is C15H28N2. The zero-order chi connectivity index (χ0) is 11.7. The van der Waals surface area contributed by atoms with Crippen LogP contribution in [0, 0.1) is 5.92 Å². The van der Waals surface area contributed by atoms with Gasteiger partial charge in [0.25, 0.3) is 0 Å². The molecule has 17 heavy (non-hydrogen) atoms. The lowest BCUT2D eigenvalue weighted by atomic mass is 9.84. The summed E-state index contributed by atoms with van der Waals surface area (Å²) in [6, 6.07) is 1.91. The van der Waals surface area contributed by atoms with Gasteiger partial charge in [-0.15, -0.1) is 0 Å². The lowest BCUT2D eigenvalue weighted by molar-refractivity contribution is 0.0668. The van der Waals surface area contributed by atoms with Gasteiger partial charge >= 0.3 is 0 Å². The maximum atomic E-state index is 2.80. The predicted octanol–water partition coefficient (Wildman–Crippen LogP) is 2.74. The maximum absolute atomic E-state index is 2.80. The summed E-state index contributed by atoms with van der Waals surface area (Å²) < 4.78 is 0. The van der Waals surface area contributed by atoms with Gasteiger partial charge in [-0.2, -0.15) is 0 Å². The third-order valence-corrected chi connectivity index (χ3v) is 5.32. The van der Waals surface area contributed by atoms with E-state index < -0.39 is 0 Å². The third-order valence-electron chi connectivity index (χ3n) is 5.32. The van der Waals surface area contributed by atoms with Crippen molar-refractivity contribution in [2.45, 2.75) is 64.0 Å². The fourth-order valence-electron chi connectivity index (χ4n) is 3.83. The number of rotatable bonds is 3. The zero-order valence-electron chi connectivity index (χ0n) is 11.4. The molecule has 0 radical (unpaired) electrons. The molecule has 0 aromatic rings. The second kappa shape index (κ2) is 5.27. The van der Waals surface area contributed by atoms with Crippen molar-refractivity contribution in [2.24, 2.45) is 5.92 Å². The fourth-order valence-corrected chi connectivity index (χ4v) is 3.83. The van der Waals surface area contributed by atoms with Crippen LogP contribution in [0.3, 0.4) is 0 Å². The molecule has 3 aliphatic rings. The first-order valence-electron chi connectivity index (χ1n) is 7.85. The highest BCUT2D eigenvalue weighted by Gasteiger charge is 2.33. The molecule has 0 aromatic heterocycles. The molecule has 1 heterocycles. The Morgan fingerprint density at radius 2 is 1.12 bits per heavy atom. The van der Waals surface area contributed by atoms with E-state index in [0.29, 0.717) is 0 Å². The summed E-state index contributed by atoms with van der Waals surface area (Å²) in [4.78, 5) is 5.53. The van der Waals surface area contributed by atoms with Crippen molar-refractivity contribution in [2.75, 3.05) is 26.2 Å². The van der Waals surface area contributed by atoms with E-state index in [1.165, 1.54) is 71.1 Å². The first-order chi connectivity index (χ1) is 8.36. The molecule has 3 fully saturated rings. The Bertz CT molecular complexity index is 233. The smallest absolute Gasteiger partial charge is 0.0113 e. The Hall–Kier alpha value is -0.0800. The number of piperazine rings is 1. The zero-order valence-corrected chi connectivity index (χ0v) is 11.4. The topological polar surface area (TPSA) is 6.48 Å². The molecule has 0 atom stereocenters. The molecular weight excluding hydrogens is 208 g/mol. The van der Waals surface area contributed by atoms with Gasteiger partial charge in [-0.1, -0.05) is 13.3 Å². The molecule has 0 amide bonds. The maximum Gasteiger partial charge on any atom is 0.0113 e. The Balaban J connectivity index is 1.43. The van der Waals surface area contributed by atoms with E-state index in [1.54, 1.807) is 0 Å². The van der Waals surface area contributed by atoms with Crippen LogP contribution in [0.4, 0.5) is 0 Å². The molecule has 2 heteroatoms. The minimum atomic E-state index is 0.930. The van der Waals surface area contributed by atoms with E-state index in [0.717, 1.165) is 18.0 Å². The van der Waals surface area contributed by atoms with Gasteiger partial charge in [-0.25, -0.2) is 0 Å². The number of hydrogen-bond acceptors (Lipinski definition) is 2. The minimum Gasteiger partial charge on any atom is -0.298 e. The Labute approximate surface area is 106 Å². The van der Waals surface area contributed by atoms with E-state index in [-0.39, 0.29) is 0 Å². The molecule has 2 aliphatic carbocycles. The van der Waals surface area contributed by atoms with E-state index in [9.17, 15) is 0 Å². The largest absolute Gasteiger partial charge is 0.298 e. The molecule has 0 spiro atoms. The van der Waals surface area contributed by atoms with Crippen LogP contribution < -0.4 is 0 Å². The van der Waals surface area contributed by atoms with Crippen molar-refractivity contribution in [3.8, 4) is 0 Å². The molecule has 0 N–H and O–H groups in total. The second-order valence-electron chi connectivity index (χ2n) is 6.39. The average molecular weight is 236 g/mol. The predicted molar refractivity (Wildman–Crippen MR) is 72.2 cm³/mol. The standard InChI is InChI=1S/C15H28N2/c1-2-13-3-5-14(6-4-13)16-9-11-17(12-10-16)15-7-8-15/h13-15H,2-12H2,1H3/t13-,14-. The SMILES string of the molecule is CC[C@H]1CC[C@H](N2CCN(C3CC3)CC2)CC1. The van der Waals surface area contributed by atoms with E-state index >= 15 is 0 Å². The molecule has 0 bridgehead atoms. The highest BCUT2D eigenvalue weighted by molar-refractivity contribution is 4.89. The summed E-state index contributed by atoms with van der Waals surface area (Å²) in [7, 11) is 0. The van der Waals surface area contributed by atoms with Crippen molar-refractivity contribution < 1.29 is 0 Å². The highest BCUT2D eigenvalue weighted by Crippen LogP contribution is 2.31. The summed E-state index contributed by atoms with van der Waals surface area (Å²) in [6.07, 6.45) is 10.3. The van der Waals surface area contributed by atoms with Gasteiger partial charge in [0.05, 0.1) is 0 Å². The van der Waals surface area contributed by atoms with Gasteiger partial charge < -0.3 is 0 Å². The third kappa shape index (κ3) is 2.85. The summed E-state index contributed by atoms with van der Waals surface area (Å²) >= 11 is 0. The van der Waals surface area contributed by atoms with Crippen molar-refractivity contribution in [1.82, 2.24) is 9.80 Å². The van der Waals surface area contributed by atoms with Gasteiger partial charge in [0.15, 0.2) is 0 Å². The first kappa shape index (κ1) is 12.0. The molecule has 1 saturated heterocycles. The van der Waals surface area contributed by atoms with E-state index in [1.807, 2.05) is 0 Å². The van der Waals surface area contributed by atoms with Crippen LogP contribution in [0.1, 0.15) is 51.9 Å². The normalized spacial score (nSPS) is 37.2. The van der Waals surface area contributed by atoms with Crippen molar-refractivity contribution in [1.29, 1.82) is 0 Å². The summed E-state index contributed by atoms with van der Waals surface area (Å²) in [6.45, 7) is 7.74. The minimum absolute atomic E-state index is 0.930. The van der Waals surface area contributed by atoms with Crippen LogP contribution >= 0.6 is 0 Å². The van der Waals surface area contributed by atoms with E-state index in [2.05, 4.69) is 16.7 Å². The van der Waals surface area contributed by atoms with Gasteiger partial charge in [0, 0.05) is 38.3 Å². The molecule has 98 valence electrons. The van der Waals surface area contributed by atoms with Crippen LogP contribution in [0.25, 0.3) is 0 Å². The highest BCUT2D eigenvalue weighted by atomic mass is 15.3. The quantitative estimate of drug-likeness (QED) is 0.743. The molecule has 2 saturated carbocycles. The van der Waals surface area contributed by atoms with Gasteiger partial charge in [-0.3, -0.25) is 9.80 Å². The lowest BCUT2D eigenvalue weighted by Gasteiger charge is -2.42. The molecule has 0 unspecified atom stereocenters. The molecule has 2 nitrogen and oxygen atoms in total. The molecule has 0 aromatic carbocycles. The van der Waals surface area contributed by atoms with Crippen LogP contribution in [-0.4, -0.2) is 48.1 Å². The van der Waals surface area contributed by atoms with Crippen LogP contribution in [0.2, 0.25) is 0 Å². The Morgan fingerprint density at radius 1 is 0.706 bits per heavy atom. The van der Waals surface area contributed by atoms with E-state index in [4.69, 9.17) is 0 Å². The number of nitrogens with zero attached hydrogens (tertiary/aromatic N) is 2. The van der Waals surface area contributed by atoms with Gasteiger partial charge in [0.1, 0.15) is 0 Å². The molecule has 3 rings (SSSR count). The van der Waals surface area contributed by atoms with Crippen molar-refractivity contribution in [3.05, 3.63) is 0 Å². The Morgan fingerprint density at radius 3 is 1.47 bits per heavy atom. The van der Waals surface area contributed by atoms with Crippen LogP contribution in [0.15, 0.2) is 0 Å². The van der Waals surface area contributed by atoms with Crippen LogP contribution in [-0.2, 0) is 0 Å². The fraction of sp³-hybridized carbons (Fsp3) is 1.00. The average Bonchev–Trinajstić information content (AvgIpc) is 3.24. The van der Waals surface area contributed by atoms with Crippen molar-refractivity contribution >= 4 is 0 Å². The molecule has 1 aliphatic heterocycles. The second-order valence-corrected chi connectivity index (χ2v) is 6.39. The van der Waals surface area contributed by atoms with Gasteiger partial charge in [-0.05, 0) is 44.4 Å². The number of hydrogen-bond donors (Lipinski definition) is 0. The van der Waals surface area contributed by atoms with Crippen LogP contribution in [0.5, 0.6) is 0 Å². The van der Waals surface area contributed by atoms with Gasteiger partial charge in [0.2, 0.25) is 0 Å². The summed E-state index contributed by atoms with van der Waals surface area (Å²) in [5, 5.41) is 0. The monoisotopic (exact) mass is 236 g/mol. The summed E-state index contributed by atoms with van der Waals surface area (Å²) in [5.74, 6) is 1.04. The first-order valence-corrected chi connectivity index (χ1v) is 7.85. The Kier molecular flexibility index (Phi) is 3.72.